The van der Waals surface area contributed by atoms with Crippen LogP contribution >= 0.6 is 0 Å². The predicted molar refractivity (Wildman–Crippen MR) is 61.3 cm³/mol. The maximum absolute atomic E-state index is 9.38. The van der Waals surface area contributed by atoms with Gasteiger partial charge in [0.15, 0.2) is 0 Å². The minimum atomic E-state index is -0.179. The molecule has 0 bridgehead atoms. The molecule has 15 heavy (non-hydrogen) atoms. The number of hydrogen-bond acceptors (Lipinski definition) is 2. The van der Waals surface area contributed by atoms with Gasteiger partial charge in [-0.1, -0.05) is 13.3 Å². The van der Waals surface area contributed by atoms with E-state index >= 15 is 0 Å². The molecule has 1 N–H and O–H groups in total. The van der Waals surface area contributed by atoms with Gasteiger partial charge in [0.2, 0.25) is 0 Å². The average Bonchev–Trinajstić information content (AvgIpc) is 3.11. The molecular weight excluding hydrogens is 184 g/mol. The largest absolute Gasteiger partial charge is 0.299 e. The molecule has 0 spiro atoms. The molecule has 0 aliphatic heterocycles. The second kappa shape index (κ2) is 4.53. The van der Waals surface area contributed by atoms with E-state index in [1.165, 1.54) is 25.7 Å². The molecule has 2 unspecified atom stereocenters. The molecule has 2 aliphatic carbocycles. The van der Waals surface area contributed by atoms with Gasteiger partial charge in [-0.2, -0.15) is 5.26 Å². The molecule has 2 rings (SSSR count). The Labute approximate surface area is 93.0 Å². The van der Waals surface area contributed by atoms with E-state index in [0.717, 1.165) is 37.6 Å². The van der Waals surface area contributed by atoms with Crippen LogP contribution in [0.25, 0.3) is 0 Å². The van der Waals surface area contributed by atoms with Gasteiger partial charge < -0.3 is 0 Å². The highest BCUT2D eigenvalue weighted by molar-refractivity contribution is 5.10. The standard InChI is InChI=1S/C13H22N2/c1-2-8-15-13(10-14)7-3-4-12(9-13)11-5-6-11/h11-12,15H,2-9H2,1H3. The predicted octanol–water partition coefficient (Wildman–Crippen LogP) is 2.85. The first-order chi connectivity index (χ1) is 7.29. The van der Waals surface area contributed by atoms with Gasteiger partial charge in [0.1, 0.15) is 5.54 Å². The molecule has 2 atom stereocenters. The van der Waals surface area contributed by atoms with E-state index in [0.29, 0.717) is 0 Å². The van der Waals surface area contributed by atoms with Gasteiger partial charge in [-0.3, -0.25) is 5.32 Å². The van der Waals surface area contributed by atoms with Gasteiger partial charge in [-0.15, -0.1) is 0 Å². The minimum absolute atomic E-state index is 0.179. The van der Waals surface area contributed by atoms with E-state index in [1.54, 1.807) is 0 Å². The molecule has 0 aromatic carbocycles. The number of nitrogens with one attached hydrogen (secondary N) is 1. The van der Waals surface area contributed by atoms with Gasteiger partial charge in [-0.25, -0.2) is 0 Å². The zero-order valence-electron chi connectivity index (χ0n) is 9.76. The van der Waals surface area contributed by atoms with E-state index in [1.807, 2.05) is 0 Å². The lowest BCUT2D eigenvalue weighted by molar-refractivity contribution is 0.211. The summed E-state index contributed by atoms with van der Waals surface area (Å²) < 4.78 is 0. The summed E-state index contributed by atoms with van der Waals surface area (Å²) in [5.41, 5.74) is -0.179. The second-order valence-corrected chi connectivity index (χ2v) is 5.31. The van der Waals surface area contributed by atoms with Crippen molar-refractivity contribution < 1.29 is 0 Å². The number of nitrogens with zero attached hydrogens (tertiary/aromatic N) is 1. The summed E-state index contributed by atoms with van der Waals surface area (Å²) in [7, 11) is 0. The molecule has 0 aromatic heterocycles. The molecule has 2 nitrogen and oxygen atoms in total. The Hall–Kier alpha value is -0.550. The Morgan fingerprint density at radius 3 is 2.73 bits per heavy atom. The van der Waals surface area contributed by atoms with Crippen LogP contribution in [0.1, 0.15) is 51.9 Å². The van der Waals surface area contributed by atoms with Crippen LogP contribution < -0.4 is 5.32 Å². The summed E-state index contributed by atoms with van der Waals surface area (Å²) in [5, 5.41) is 12.9. The third kappa shape index (κ3) is 2.52. The third-order valence-corrected chi connectivity index (χ3v) is 4.01. The van der Waals surface area contributed by atoms with E-state index in [-0.39, 0.29) is 5.54 Å². The van der Waals surface area contributed by atoms with Crippen LogP contribution in [0.15, 0.2) is 0 Å². The van der Waals surface area contributed by atoms with Crippen molar-refractivity contribution >= 4 is 0 Å². The zero-order valence-corrected chi connectivity index (χ0v) is 9.76. The molecule has 2 saturated carbocycles. The summed E-state index contributed by atoms with van der Waals surface area (Å²) in [6.45, 7) is 3.16. The SMILES string of the molecule is CCCNC1(C#N)CCCC(C2CC2)C1. The zero-order chi connectivity index (χ0) is 10.7. The number of hydrogen-bond donors (Lipinski definition) is 1. The van der Waals surface area contributed by atoms with Crippen LogP contribution in [-0.4, -0.2) is 12.1 Å². The van der Waals surface area contributed by atoms with Crippen molar-refractivity contribution in [2.75, 3.05) is 6.54 Å². The van der Waals surface area contributed by atoms with E-state index < -0.39 is 0 Å². The topological polar surface area (TPSA) is 35.8 Å². The number of nitriles is 1. The number of rotatable bonds is 4. The fourth-order valence-electron chi connectivity index (χ4n) is 2.95. The Bertz CT molecular complexity index is 252. The molecule has 2 aliphatic rings. The van der Waals surface area contributed by atoms with Crippen LogP contribution in [0.3, 0.4) is 0 Å². The molecule has 0 aromatic rings. The first-order valence-corrected chi connectivity index (χ1v) is 6.46. The van der Waals surface area contributed by atoms with Gasteiger partial charge in [-0.05, 0) is 56.9 Å². The second-order valence-electron chi connectivity index (χ2n) is 5.31. The smallest absolute Gasteiger partial charge is 0.107 e. The Morgan fingerprint density at radius 1 is 1.33 bits per heavy atom. The molecule has 0 radical (unpaired) electrons. The van der Waals surface area contributed by atoms with Gasteiger partial charge in [0, 0.05) is 0 Å². The van der Waals surface area contributed by atoms with Crippen molar-refractivity contribution in [3.63, 3.8) is 0 Å². The van der Waals surface area contributed by atoms with Crippen LogP contribution in [0.2, 0.25) is 0 Å². The third-order valence-electron chi connectivity index (χ3n) is 4.01. The van der Waals surface area contributed by atoms with Crippen molar-refractivity contribution in [1.29, 1.82) is 5.26 Å². The minimum Gasteiger partial charge on any atom is -0.299 e. The summed E-state index contributed by atoms with van der Waals surface area (Å²) in [6, 6.07) is 2.55. The van der Waals surface area contributed by atoms with Crippen LogP contribution in [0, 0.1) is 23.2 Å². The van der Waals surface area contributed by atoms with Crippen LogP contribution in [0.4, 0.5) is 0 Å². The maximum Gasteiger partial charge on any atom is 0.107 e. The summed E-state index contributed by atoms with van der Waals surface area (Å²) in [4.78, 5) is 0. The maximum atomic E-state index is 9.38. The Balaban J connectivity index is 1.94. The molecular formula is C13H22N2. The van der Waals surface area contributed by atoms with Crippen LogP contribution in [-0.2, 0) is 0 Å². The highest BCUT2D eigenvalue weighted by atomic mass is 15.0. The first kappa shape index (κ1) is 11.0. The normalized spacial score (nSPS) is 36.1. The van der Waals surface area contributed by atoms with Crippen molar-refractivity contribution in [1.82, 2.24) is 5.32 Å². The monoisotopic (exact) mass is 206 g/mol. The quantitative estimate of drug-likeness (QED) is 0.767. The molecule has 0 amide bonds. The summed E-state index contributed by atoms with van der Waals surface area (Å²) in [5.74, 6) is 1.80. The van der Waals surface area contributed by atoms with Gasteiger partial charge in [0.05, 0.1) is 6.07 Å². The van der Waals surface area contributed by atoms with Gasteiger partial charge in [0.25, 0.3) is 0 Å². The molecule has 2 heteroatoms. The lowest BCUT2D eigenvalue weighted by Crippen LogP contribution is -2.48. The van der Waals surface area contributed by atoms with E-state index in [2.05, 4.69) is 18.3 Å². The summed E-state index contributed by atoms with van der Waals surface area (Å²) >= 11 is 0. The van der Waals surface area contributed by atoms with Crippen molar-refractivity contribution in [3.05, 3.63) is 0 Å². The average molecular weight is 206 g/mol. The molecule has 84 valence electrons. The fraction of sp³-hybridized carbons (Fsp3) is 0.923. The Kier molecular flexibility index (Phi) is 3.31. The highest BCUT2D eigenvalue weighted by Gasteiger charge is 2.41. The van der Waals surface area contributed by atoms with Crippen molar-refractivity contribution in [2.24, 2.45) is 11.8 Å². The van der Waals surface area contributed by atoms with Crippen molar-refractivity contribution in [3.8, 4) is 6.07 Å². The molecule has 0 heterocycles. The van der Waals surface area contributed by atoms with Crippen LogP contribution in [0.5, 0.6) is 0 Å². The summed E-state index contributed by atoms with van der Waals surface area (Å²) in [6.07, 6.45) is 8.73. The van der Waals surface area contributed by atoms with E-state index in [4.69, 9.17) is 0 Å². The fourth-order valence-corrected chi connectivity index (χ4v) is 2.95. The molecule has 0 saturated heterocycles. The van der Waals surface area contributed by atoms with E-state index in [9.17, 15) is 5.26 Å². The lowest BCUT2D eigenvalue weighted by Gasteiger charge is -2.36. The molecule has 2 fully saturated rings. The Morgan fingerprint density at radius 2 is 2.13 bits per heavy atom. The highest BCUT2D eigenvalue weighted by Crippen LogP contribution is 2.46. The van der Waals surface area contributed by atoms with Gasteiger partial charge >= 0.3 is 0 Å². The van der Waals surface area contributed by atoms with Crippen molar-refractivity contribution in [2.45, 2.75) is 57.4 Å². The lowest BCUT2D eigenvalue weighted by atomic mass is 9.74. The first-order valence-electron chi connectivity index (χ1n) is 6.46.